The molecule has 1 atom stereocenters. The number of halogens is 8. The van der Waals surface area contributed by atoms with Gasteiger partial charge in [0.1, 0.15) is 0 Å². The van der Waals surface area contributed by atoms with E-state index in [1.54, 1.807) is 0 Å². The van der Waals surface area contributed by atoms with Gasteiger partial charge in [-0.3, -0.25) is 0 Å². The fourth-order valence-electron chi connectivity index (χ4n) is 1.36. The van der Waals surface area contributed by atoms with Gasteiger partial charge in [0, 0.05) is 6.42 Å². The maximum atomic E-state index is 13.0. The van der Waals surface area contributed by atoms with Gasteiger partial charge in [-0.25, -0.2) is 12.8 Å². The van der Waals surface area contributed by atoms with E-state index in [0.29, 0.717) is 0 Å². The Labute approximate surface area is 143 Å². The van der Waals surface area contributed by atoms with E-state index in [0.717, 1.165) is 0 Å². The number of hydrogen-bond donors (Lipinski definition) is 0. The minimum Gasteiger partial charge on any atom is -0.743 e. The minimum atomic E-state index is -6.78. The SMILES string of the molecule is O=S(=O)([O-])C(F)(F)C(F)(F)C(F)CCCCCC(F)(F)F.[Na+]. The van der Waals surface area contributed by atoms with Crippen LogP contribution in [0.15, 0.2) is 0 Å². The maximum Gasteiger partial charge on any atom is 1.00 e. The van der Waals surface area contributed by atoms with Crippen LogP contribution in [0.1, 0.15) is 32.1 Å². The third-order valence-electron chi connectivity index (χ3n) is 2.51. The van der Waals surface area contributed by atoms with Crippen molar-refractivity contribution >= 4 is 10.1 Å². The van der Waals surface area contributed by atoms with Crippen LogP contribution in [0.25, 0.3) is 0 Å². The molecular formula is C9H11F8NaO3S. The van der Waals surface area contributed by atoms with E-state index in [-0.39, 0.29) is 36.0 Å². The predicted octanol–water partition coefficient (Wildman–Crippen LogP) is 0.615. The molecular weight excluding hydrogens is 363 g/mol. The van der Waals surface area contributed by atoms with Crippen molar-refractivity contribution in [1.29, 1.82) is 0 Å². The van der Waals surface area contributed by atoms with Gasteiger partial charge < -0.3 is 4.55 Å². The second kappa shape index (κ2) is 8.45. The molecule has 0 N–H and O–H groups in total. The molecule has 3 nitrogen and oxygen atoms in total. The van der Waals surface area contributed by atoms with Gasteiger partial charge in [-0.15, -0.1) is 0 Å². The van der Waals surface area contributed by atoms with Crippen molar-refractivity contribution in [3.63, 3.8) is 0 Å². The third kappa shape index (κ3) is 6.85. The van der Waals surface area contributed by atoms with Crippen LogP contribution in [0.5, 0.6) is 0 Å². The van der Waals surface area contributed by atoms with Crippen LogP contribution in [-0.4, -0.2) is 36.5 Å². The molecule has 22 heavy (non-hydrogen) atoms. The quantitative estimate of drug-likeness (QED) is 0.271. The van der Waals surface area contributed by atoms with Gasteiger partial charge in [-0.1, -0.05) is 12.8 Å². The molecule has 0 aromatic carbocycles. The first-order valence-electron chi connectivity index (χ1n) is 5.55. The van der Waals surface area contributed by atoms with E-state index < -0.39 is 59.3 Å². The summed E-state index contributed by atoms with van der Waals surface area (Å²) in [5.74, 6) is -5.75. The Balaban J connectivity index is 0. The Kier molecular flexibility index (Phi) is 9.45. The molecule has 0 rings (SSSR count). The largest absolute Gasteiger partial charge is 1.00 e. The number of unbranched alkanes of at least 4 members (excludes halogenated alkanes) is 2. The Bertz CT molecular complexity index is 437. The van der Waals surface area contributed by atoms with Gasteiger partial charge in [0.25, 0.3) is 0 Å². The van der Waals surface area contributed by atoms with Crippen molar-refractivity contribution in [3.8, 4) is 0 Å². The number of hydrogen-bond acceptors (Lipinski definition) is 3. The van der Waals surface area contributed by atoms with Crippen molar-refractivity contribution in [2.75, 3.05) is 0 Å². The smallest absolute Gasteiger partial charge is 0.743 e. The average molecular weight is 374 g/mol. The fraction of sp³-hybridized carbons (Fsp3) is 1.00. The van der Waals surface area contributed by atoms with Crippen LogP contribution >= 0.6 is 0 Å². The summed E-state index contributed by atoms with van der Waals surface area (Å²) in [7, 11) is -6.78. The van der Waals surface area contributed by atoms with E-state index in [1.807, 2.05) is 0 Å². The second-order valence-electron chi connectivity index (χ2n) is 4.28. The van der Waals surface area contributed by atoms with E-state index >= 15 is 0 Å². The first kappa shape index (κ1) is 24.6. The van der Waals surface area contributed by atoms with E-state index in [2.05, 4.69) is 0 Å². The molecule has 0 radical (unpaired) electrons. The molecule has 0 amide bonds. The van der Waals surface area contributed by atoms with E-state index in [9.17, 15) is 48.1 Å². The Hall–Kier alpha value is 0.350. The number of alkyl halides is 8. The Morgan fingerprint density at radius 1 is 0.909 bits per heavy atom. The Morgan fingerprint density at radius 2 is 1.36 bits per heavy atom. The first-order chi connectivity index (χ1) is 9.13. The van der Waals surface area contributed by atoms with Crippen molar-refractivity contribution in [1.82, 2.24) is 0 Å². The van der Waals surface area contributed by atoms with Crippen molar-refractivity contribution in [2.45, 2.75) is 55.6 Å². The average Bonchev–Trinajstić information content (AvgIpc) is 2.24. The standard InChI is InChI=1S/C9H12F8O3S.Na/c10-6(4-2-1-3-5-7(11,12)13)8(14,15)9(16,17)21(18,19)20;/h6H,1-5H2,(H,18,19,20);/q;+1/p-1. The second-order valence-corrected chi connectivity index (χ2v) is 5.70. The summed E-state index contributed by atoms with van der Waals surface area (Å²) in [5, 5.41) is -6.13. The normalized spacial score (nSPS) is 15.3. The van der Waals surface area contributed by atoms with Crippen molar-refractivity contribution < 1.29 is 77.7 Å². The summed E-state index contributed by atoms with van der Waals surface area (Å²) in [6, 6.07) is 0. The van der Waals surface area contributed by atoms with E-state index in [4.69, 9.17) is 0 Å². The van der Waals surface area contributed by atoms with Gasteiger partial charge in [0.2, 0.25) is 0 Å². The molecule has 0 fully saturated rings. The predicted molar refractivity (Wildman–Crippen MR) is 53.6 cm³/mol. The molecule has 0 aromatic rings. The molecule has 1 unspecified atom stereocenters. The van der Waals surface area contributed by atoms with Gasteiger partial charge in [-0.05, 0) is 12.8 Å². The molecule has 0 aromatic heterocycles. The Morgan fingerprint density at radius 3 is 1.73 bits per heavy atom. The van der Waals surface area contributed by atoms with Gasteiger partial charge in [0.15, 0.2) is 16.3 Å². The van der Waals surface area contributed by atoms with Crippen molar-refractivity contribution in [3.05, 3.63) is 0 Å². The van der Waals surface area contributed by atoms with Crippen LogP contribution in [0.4, 0.5) is 35.1 Å². The van der Waals surface area contributed by atoms with Gasteiger partial charge in [0.05, 0.1) is 0 Å². The maximum absolute atomic E-state index is 13.0. The molecule has 0 aliphatic rings. The zero-order valence-corrected chi connectivity index (χ0v) is 14.1. The molecule has 0 saturated carbocycles. The molecule has 0 heterocycles. The molecule has 0 saturated heterocycles. The first-order valence-corrected chi connectivity index (χ1v) is 6.95. The third-order valence-corrected chi connectivity index (χ3v) is 3.41. The monoisotopic (exact) mass is 374 g/mol. The summed E-state index contributed by atoms with van der Waals surface area (Å²) in [6.07, 6.45) is -12.2. The molecule has 128 valence electrons. The van der Waals surface area contributed by atoms with Crippen LogP contribution in [0.2, 0.25) is 0 Å². The zero-order chi connectivity index (χ0) is 17.1. The molecule has 13 heteroatoms. The summed E-state index contributed by atoms with van der Waals surface area (Å²) in [5.41, 5.74) is 0. The summed E-state index contributed by atoms with van der Waals surface area (Å²) < 4.78 is 129. The minimum absolute atomic E-state index is 0. The number of rotatable bonds is 8. The van der Waals surface area contributed by atoms with Gasteiger partial charge in [-0.2, -0.15) is 30.7 Å². The topological polar surface area (TPSA) is 57.2 Å². The summed E-state index contributed by atoms with van der Waals surface area (Å²) >= 11 is 0. The van der Waals surface area contributed by atoms with Crippen molar-refractivity contribution in [2.24, 2.45) is 0 Å². The van der Waals surface area contributed by atoms with E-state index in [1.165, 1.54) is 0 Å². The van der Waals surface area contributed by atoms with Crippen LogP contribution < -0.4 is 29.6 Å². The molecule has 0 aliphatic carbocycles. The van der Waals surface area contributed by atoms with Gasteiger partial charge >= 0.3 is 46.9 Å². The zero-order valence-electron chi connectivity index (χ0n) is 11.3. The van der Waals surface area contributed by atoms with Crippen LogP contribution in [0.3, 0.4) is 0 Å². The fourth-order valence-corrected chi connectivity index (χ4v) is 1.82. The van der Waals surface area contributed by atoms with Crippen LogP contribution in [-0.2, 0) is 10.1 Å². The molecule has 0 bridgehead atoms. The molecule has 0 spiro atoms. The van der Waals surface area contributed by atoms with Crippen LogP contribution in [0, 0.1) is 0 Å². The molecule has 0 aliphatic heterocycles. The summed E-state index contributed by atoms with van der Waals surface area (Å²) in [4.78, 5) is 0. The summed E-state index contributed by atoms with van der Waals surface area (Å²) in [6.45, 7) is 0.